The molecule has 1 heterocycles. The Labute approximate surface area is 123 Å². The zero-order chi connectivity index (χ0) is 12.0. The van der Waals surface area contributed by atoms with E-state index in [1.165, 1.54) is 5.69 Å². The topological polar surface area (TPSA) is 33.1 Å². The summed E-state index contributed by atoms with van der Waals surface area (Å²) in [5.74, 6) is 0. The molecule has 0 aromatic carbocycles. The van der Waals surface area contributed by atoms with Crippen LogP contribution < -0.4 is 5.32 Å². The third-order valence-electron chi connectivity index (χ3n) is 2.46. The second-order valence-electron chi connectivity index (χ2n) is 4.48. The average Bonchev–Trinajstić information content (AvgIpc) is 2.54. The summed E-state index contributed by atoms with van der Waals surface area (Å²) >= 11 is 0. The quantitative estimate of drug-likeness (QED) is 0.782. The SMILES string of the molecule is CCCn1nc(C)cc1CNCCN(C)C.Cl.Cl. The van der Waals surface area contributed by atoms with Gasteiger partial charge in [-0.3, -0.25) is 4.68 Å². The van der Waals surface area contributed by atoms with Crippen LogP contribution in [0.4, 0.5) is 0 Å². The number of nitrogens with zero attached hydrogens (tertiary/aromatic N) is 3. The molecular formula is C12H26Cl2N4. The molecule has 0 unspecified atom stereocenters. The van der Waals surface area contributed by atoms with Gasteiger partial charge < -0.3 is 10.2 Å². The first-order chi connectivity index (χ1) is 7.63. The van der Waals surface area contributed by atoms with Crippen molar-refractivity contribution >= 4 is 24.8 Å². The van der Waals surface area contributed by atoms with Crippen LogP contribution in [0.5, 0.6) is 0 Å². The molecule has 6 heteroatoms. The van der Waals surface area contributed by atoms with Crippen LogP contribution in [0, 0.1) is 6.92 Å². The van der Waals surface area contributed by atoms with Gasteiger partial charge in [0.2, 0.25) is 0 Å². The van der Waals surface area contributed by atoms with Gasteiger partial charge >= 0.3 is 0 Å². The van der Waals surface area contributed by atoms with Crippen molar-refractivity contribution in [3.63, 3.8) is 0 Å². The van der Waals surface area contributed by atoms with E-state index in [0.717, 1.165) is 38.3 Å². The first-order valence-corrected chi connectivity index (χ1v) is 6.02. The van der Waals surface area contributed by atoms with Crippen molar-refractivity contribution in [1.29, 1.82) is 0 Å². The number of aryl methyl sites for hydroxylation is 2. The van der Waals surface area contributed by atoms with Gasteiger partial charge in [0.15, 0.2) is 0 Å². The van der Waals surface area contributed by atoms with Gasteiger partial charge in [-0.2, -0.15) is 5.10 Å². The van der Waals surface area contributed by atoms with E-state index in [0.29, 0.717) is 0 Å². The number of hydrogen-bond acceptors (Lipinski definition) is 3. The van der Waals surface area contributed by atoms with Crippen molar-refractivity contribution in [2.75, 3.05) is 27.2 Å². The summed E-state index contributed by atoms with van der Waals surface area (Å²) in [5.41, 5.74) is 2.40. The summed E-state index contributed by atoms with van der Waals surface area (Å²) in [6.45, 7) is 8.24. The Morgan fingerprint density at radius 1 is 1.33 bits per heavy atom. The molecule has 0 aliphatic carbocycles. The van der Waals surface area contributed by atoms with Gasteiger partial charge in [-0.1, -0.05) is 6.92 Å². The van der Waals surface area contributed by atoms with Crippen molar-refractivity contribution in [1.82, 2.24) is 20.0 Å². The molecule has 4 nitrogen and oxygen atoms in total. The Hall–Kier alpha value is -0.290. The average molecular weight is 297 g/mol. The summed E-state index contributed by atoms with van der Waals surface area (Å²) in [7, 11) is 4.18. The van der Waals surface area contributed by atoms with Gasteiger partial charge in [0, 0.05) is 26.2 Å². The lowest BCUT2D eigenvalue weighted by Gasteiger charge is -2.11. The predicted octanol–water partition coefficient (Wildman–Crippen LogP) is 2.10. The fraction of sp³-hybridized carbons (Fsp3) is 0.750. The molecule has 0 radical (unpaired) electrons. The molecule has 0 saturated heterocycles. The van der Waals surface area contributed by atoms with E-state index in [9.17, 15) is 0 Å². The van der Waals surface area contributed by atoms with Crippen LogP contribution in [0.15, 0.2) is 6.07 Å². The summed E-state index contributed by atoms with van der Waals surface area (Å²) in [4.78, 5) is 2.18. The van der Waals surface area contributed by atoms with E-state index in [1.54, 1.807) is 0 Å². The van der Waals surface area contributed by atoms with Crippen molar-refractivity contribution in [3.8, 4) is 0 Å². The molecular weight excluding hydrogens is 271 g/mol. The fourth-order valence-corrected chi connectivity index (χ4v) is 1.67. The molecule has 18 heavy (non-hydrogen) atoms. The van der Waals surface area contributed by atoms with Crippen molar-refractivity contribution in [2.24, 2.45) is 0 Å². The molecule has 0 aliphatic rings. The monoisotopic (exact) mass is 296 g/mol. The standard InChI is InChI=1S/C12H24N4.2ClH/c1-5-7-16-12(9-11(2)14-16)10-13-6-8-15(3)4;;/h9,13H,5-8,10H2,1-4H3;2*1H. The Bertz CT molecular complexity index is 313. The lowest BCUT2D eigenvalue weighted by molar-refractivity contribution is 0.397. The first-order valence-electron chi connectivity index (χ1n) is 6.02. The summed E-state index contributed by atoms with van der Waals surface area (Å²) in [6, 6.07) is 2.16. The Balaban J connectivity index is 0. The van der Waals surface area contributed by atoms with Crippen LogP contribution in [0.1, 0.15) is 24.7 Å². The molecule has 1 rings (SSSR count). The van der Waals surface area contributed by atoms with Crippen molar-refractivity contribution in [3.05, 3.63) is 17.5 Å². The van der Waals surface area contributed by atoms with E-state index >= 15 is 0 Å². The molecule has 0 atom stereocenters. The summed E-state index contributed by atoms with van der Waals surface area (Å²) in [6.07, 6.45) is 1.13. The van der Waals surface area contributed by atoms with Crippen LogP contribution in [-0.2, 0) is 13.1 Å². The van der Waals surface area contributed by atoms with Gasteiger partial charge in [0.05, 0.1) is 11.4 Å². The zero-order valence-electron chi connectivity index (χ0n) is 11.8. The molecule has 0 aliphatic heterocycles. The number of likely N-dealkylation sites (N-methyl/N-ethyl adjacent to an activating group) is 1. The molecule has 0 saturated carbocycles. The van der Waals surface area contributed by atoms with E-state index in [2.05, 4.69) is 54.0 Å². The van der Waals surface area contributed by atoms with Gasteiger partial charge in [-0.25, -0.2) is 0 Å². The minimum atomic E-state index is 0. The zero-order valence-corrected chi connectivity index (χ0v) is 13.4. The Morgan fingerprint density at radius 2 is 2.00 bits per heavy atom. The van der Waals surface area contributed by atoms with Crippen LogP contribution in [0.2, 0.25) is 0 Å². The lowest BCUT2D eigenvalue weighted by Crippen LogP contribution is -2.27. The van der Waals surface area contributed by atoms with Crippen molar-refractivity contribution < 1.29 is 0 Å². The largest absolute Gasteiger partial charge is 0.310 e. The van der Waals surface area contributed by atoms with Crippen LogP contribution in [0.3, 0.4) is 0 Å². The van der Waals surface area contributed by atoms with Gasteiger partial charge in [-0.05, 0) is 33.5 Å². The maximum atomic E-state index is 4.48. The Morgan fingerprint density at radius 3 is 2.56 bits per heavy atom. The minimum Gasteiger partial charge on any atom is -0.310 e. The Kier molecular flexibility index (Phi) is 11.8. The van der Waals surface area contributed by atoms with E-state index in [4.69, 9.17) is 0 Å². The molecule has 0 bridgehead atoms. The lowest BCUT2D eigenvalue weighted by atomic mass is 10.3. The molecule has 0 spiro atoms. The predicted molar refractivity (Wildman–Crippen MR) is 82.0 cm³/mol. The van der Waals surface area contributed by atoms with Gasteiger partial charge in [0.25, 0.3) is 0 Å². The summed E-state index contributed by atoms with van der Waals surface area (Å²) in [5, 5.41) is 7.92. The highest BCUT2D eigenvalue weighted by molar-refractivity contribution is 5.85. The van der Waals surface area contributed by atoms with E-state index < -0.39 is 0 Å². The van der Waals surface area contributed by atoms with Crippen LogP contribution in [0.25, 0.3) is 0 Å². The highest BCUT2D eigenvalue weighted by Crippen LogP contribution is 2.04. The highest BCUT2D eigenvalue weighted by atomic mass is 35.5. The highest BCUT2D eigenvalue weighted by Gasteiger charge is 2.03. The van der Waals surface area contributed by atoms with Gasteiger partial charge in [-0.15, -0.1) is 24.8 Å². The smallest absolute Gasteiger partial charge is 0.0597 e. The molecule has 108 valence electrons. The number of hydrogen-bond donors (Lipinski definition) is 1. The normalized spacial score (nSPS) is 10.1. The summed E-state index contributed by atoms with van der Waals surface area (Å²) < 4.78 is 2.11. The molecule has 1 N–H and O–H groups in total. The van der Waals surface area contributed by atoms with Crippen molar-refractivity contribution in [2.45, 2.75) is 33.4 Å². The molecule has 0 fully saturated rings. The van der Waals surface area contributed by atoms with E-state index in [-0.39, 0.29) is 24.8 Å². The second-order valence-corrected chi connectivity index (χ2v) is 4.48. The maximum absolute atomic E-state index is 4.48. The number of rotatable bonds is 7. The van der Waals surface area contributed by atoms with Gasteiger partial charge in [0.1, 0.15) is 0 Å². The number of halogens is 2. The number of nitrogens with one attached hydrogen (secondary N) is 1. The molecule has 0 amide bonds. The second kappa shape index (κ2) is 10.6. The first kappa shape index (κ1) is 20.0. The fourth-order valence-electron chi connectivity index (χ4n) is 1.67. The minimum absolute atomic E-state index is 0. The molecule has 1 aromatic rings. The third-order valence-corrected chi connectivity index (χ3v) is 2.46. The maximum Gasteiger partial charge on any atom is 0.0597 e. The van der Waals surface area contributed by atoms with E-state index in [1.807, 2.05) is 0 Å². The van der Waals surface area contributed by atoms with Crippen LogP contribution >= 0.6 is 24.8 Å². The third kappa shape index (κ3) is 7.21. The molecule has 1 aromatic heterocycles. The van der Waals surface area contributed by atoms with Crippen LogP contribution in [-0.4, -0.2) is 41.9 Å². The number of aromatic nitrogens is 2.